The molecule has 2 aromatic rings. The molecule has 4 heteroatoms. The van der Waals surface area contributed by atoms with Gasteiger partial charge in [0.15, 0.2) is 0 Å². The summed E-state index contributed by atoms with van der Waals surface area (Å²) in [4.78, 5) is 18.2. The summed E-state index contributed by atoms with van der Waals surface area (Å²) in [6, 6.07) is 0. The van der Waals surface area contributed by atoms with Gasteiger partial charge in [-0.25, -0.2) is 9.97 Å². The van der Waals surface area contributed by atoms with Gasteiger partial charge in [-0.1, -0.05) is 0 Å². The minimum atomic E-state index is 0.839. The van der Waals surface area contributed by atoms with E-state index in [2.05, 4.69) is 19.9 Å². The Morgan fingerprint density at radius 2 is 0.667 bits per heavy atom. The Bertz CT molecular complexity index is 562. The molecule has 0 amide bonds. The van der Waals surface area contributed by atoms with Crippen molar-refractivity contribution in [1.29, 1.82) is 0 Å². The van der Waals surface area contributed by atoms with E-state index in [1.165, 1.54) is 0 Å². The highest BCUT2D eigenvalue weighted by Gasteiger charge is 2.13. The zero-order chi connectivity index (χ0) is 13.4. The molecule has 0 aliphatic carbocycles. The third-order valence-corrected chi connectivity index (χ3v) is 3.19. The fourth-order valence-corrected chi connectivity index (χ4v) is 1.88. The Hall–Kier alpha value is -1.84. The lowest BCUT2D eigenvalue weighted by atomic mass is 10.1. The van der Waals surface area contributed by atoms with Crippen molar-refractivity contribution < 1.29 is 0 Å². The Morgan fingerprint density at radius 1 is 0.389 bits per heavy atom. The van der Waals surface area contributed by atoms with Gasteiger partial charge >= 0.3 is 0 Å². The number of hydrogen-bond donors (Lipinski definition) is 0. The maximum Gasteiger partial charge on any atom is 0.112 e. The first kappa shape index (κ1) is 12.6. The van der Waals surface area contributed by atoms with Gasteiger partial charge in [0.05, 0.1) is 34.2 Å². The van der Waals surface area contributed by atoms with Crippen molar-refractivity contribution in [2.24, 2.45) is 0 Å². The predicted octanol–water partition coefficient (Wildman–Crippen LogP) is 2.78. The summed E-state index contributed by atoms with van der Waals surface area (Å²) in [5, 5.41) is 0. The largest absolute Gasteiger partial charge is 0.254 e. The molecule has 2 heterocycles. The van der Waals surface area contributed by atoms with Crippen LogP contribution in [-0.4, -0.2) is 19.9 Å². The van der Waals surface area contributed by atoms with Crippen LogP contribution in [-0.2, 0) is 0 Å². The molecule has 0 bridgehead atoms. The maximum atomic E-state index is 4.61. The molecule has 0 aliphatic heterocycles. The van der Waals surface area contributed by atoms with Gasteiger partial charge in [-0.3, -0.25) is 9.97 Å². The maximum absolute atomic E-state index is 4.61. The minimum absolute atomic E-state index is 0.839. The van der Waals surface area contributed by atoms with Gasteiger partial charge in [0.1, 0.15) is 11.4 Å². The smallest absolute Gasteiger partial charge is 0.112 e. The first-order valence-electron chi connectivity index (χ1n) is 6.04. The second-order valence-electron chi connectivity index (χ2n) is 4.66. The van der Waals surface area contributed by atoms with Crippen LogP contribution in [0.5, 0.6) is 0 Å². The molecule has 18 heavy (non-hydrogen) atoms. The van der Waals surface area contributed by atoms with E-state index in [1.54, 1.807) is 0 Å². The van der Waals surface area contributed by atoms with Crippen LogP contribution in [0.1, 0.15) is 34.2 Å². The fourth-order valence-electron chi connectivity index (χ4n) is 1.88. The van der Waals surface area contributed by atoms with E-state index in [0.29, 0.717) is 0 Å². The van der Waals surface area contributed by atoms with Crippen molar-refractivity contribution in [2.75, 3.05) is 0 Å². The van der Waals surface area contributed by atoms with Crippen molar-refractivity contribution in [1.82, 2.24) is 19.9 Å². The number of aryl methyl sites for hydroxylation is 6. The van der Waals surface area contributed by atoms with Gasteiger partial charge in [-0.15, -0.1) is 0 Å². The summed E-state index contributed by atoms with van der Waals surface area (Å²) in [6.07, 6.45) is 0. The highest BCUT2D eigenvalue weighted by atomic mass is 14.9. The van der Waals surface area contributed by atoms with E-state index in [0.717, 1.165) is 45.6 Å². The topological polar surface area (TPSA) is 51.6 Å². The van der Waals surface area contributed by atoms with E-state index in [4.69, 9.17) is 0 Å². The highest BCUT2D eigenvalue weighted by molar-refractivity contribution is 5.60. The summed E-state index contributed by atoms with van der Waals surface area (Å²) in [5.41, 5.74) is 7.29. The van der Waals surface area contributed by atoms with E-state index >= 15 is 0 Å². The molecule has 0 N–H and O–H groups in total. The molecule has 0 spiro atoms. The molecule has 0 saturated carbocycles. The van der Waals surface area contributed by atoms with Gasteiger partial charge in [-0.05, 0) is 41.5 Å². The van der Waals surface area contributed by atoms with Gasteiger partial charge in [0, 0.05) is 0 Å². The third-order valence-electron chi connectivity index (χ3n) is 3.19. The molecule has 94 valence electrons. The molecular weight excluding hydrogens is 224 g/mol. The second-order valence-corrected chi connectivity index (χ2v) is 4.66. The number of aromatic nitrogens is 4. The SMILES string of the molecule is Cc1nc(C)c(-c2nc(C)c(C)nc2C)nc1C. The monoisotopic (exact) mass is 242 g/mol. The van der Waals surface area contributed by atoms with E-state index in [9.17, 15) is 0 Å². The van der Waals surface area contributed by atoms with Crippen molar-refractivity contribution in [3.63, 3.8) is 0 Å². The van der Waals surface area contributed by atoms with Gasteiger partial charge in [0.25, 0.3) is 0 Å². The quantitative estimate of drug-likeness (QED) is 0.771. The fraction of sp³-hybridized carbons (Fsp3) is 0.429. The molecule has 0 unspecified atom stereocenters. The molecule has 0 radical (unpaired) electrons. The van der Waals surface area contributed by atoms with Crippen LogP contribution in [0.15, 0.2) is 0 Å². The van der Waals surface area contributed by atoms with Crippen molar-refractivity contribution in [3.8, 4) is 11.4 Å². The summed E-state index contributed by atoms with van der Waals surface area (Å²) in [7, 11) is 0. The highest BCUT2D eigenvalue weighted by Crippen LogP contribution is 2.22. The Labute approximate surface area is 108 Å². The average Bonchev–Trinajstić information content (AvgIpc) is 2.29. The van der Waals surface area contributed by atoms with Crippen LogP contribution >= 0.6 is 0 Å². The molecule has 2 rings (SSSR count). The second kappa shape index (κ2) is 4.44. The molecule has 0 aromatic carbocycles. The van der Waals surface area contributed by atoms with E-state index < -0.39 is 0 Å². The lowest BCUT2D eigenvalue weighted by Gasteiger charge is -2.11. The summed E-state index contributed by atoms with van der Waals surface area (Å²) in [5.74, 6) is 0. The molecule has 0 fully saturated rings. The van der Waals surface area contributed by atoms with Crippen LogP contribution in [0, 0.1) is 41.5 Å². The molecule has 0 atom stereocenters. The molecule has 0 saturated heterocycles. The Morgan fingerprint density at radius 3 is 1.00 bits per heavy atom. The van der Waals surface area contributed by atoms with Crippen LogP contribution in [0.3, 0.4) is 0 Å². The molecule has 0 aliphatic rings. The minimum Gasteiger partial charge on any atom is -0.254 e. The number of hydrogen-bond acceptors (Lipinski definition) is 4. The normalized spacial score (nSPS) is 10.8. The number of nitrogens with zero attached hydrogens (tertiary/aromatic N) is 4. The summed E-state index contributed by atoms with van der Waals surface area (Å²) in [6.45, 7) is 11.8. The van der Waals surface area contributed by atoms with Crippen molar-refractivity contribution in [3.05, 3.63) is 34.2 Å². The average molecular weight is 242 g/mol. The number of rotatable bonds is 1. The lowest BCUT2D eigenvalue weighted by Crippen LogP contribution is -2.05. The molecular formula is C14H18N4. The van der Waals surface area contributed by atoms with Crippen LogP contribution < -0.4 is 0 Å². The first-order chi connectivity index (χ1) is 8.40. The van der Waals surface area contributed by atoms with Crippen LogP contribution in [0.4, 0.5) is 0 Å². The zero-order valence-corrected chi connectivity index (χ0v) is 11.8. The standard InChI is InChI=1S/C14H18N4/c1-7-9(3)17-13(11(5)15-7)14-12(6)16-8(2)10(4)18-14/h1-6H3. The summed E-state index contributed by atoms with van der Waals surface area (Å²) >= 11 is 0. The van der Waals surface area contributed by atoms with Crippen LogP contribution in [0.2, 0.25) is 0 Å². The first-order valence-corrected chi connectivity index (χ1v) is 6.04. The molecule has 2 aromatic heterocycles. The molecule has 4 nitrogen and oxygen atoms in total. The van der Waals surface area contributed by atoms with Gasteiger partial charge in [-0.2, -0.15) is 0 Å². The predicted molar refractivity (Wildman–Crippen MR) is 71.5 cm³/mol. The van der Waals surface area contributed by atoms with E-state index in [1.807, 2.05) is 41.5 Å². The third kappa shape index (κ3) is 2.10. The zero-order valence-electron chi connectivity index (χ0n) is 11.8. The van der Waals surface area contributed by atoms with Crippen molar-refractivity contribution >= 4 is 0 Å². The van der Waals surface area contributed by atoms with Gasteiger partial charge in [0.2, 0.25) is 0 Å². The Balaban J connectivity index is 2.69. The van der Waals surface area contributed by atoms with Crippen LogP contribution in [0.25, 0.3) is 11.4 Å². The van der Waals surface area contributed by atoms with Gasteiger partial charge < -0.3 is 0 Å². The summed E-state index contributed by atoms with van der Waals surface area (Å²) < 4.78 is 0. The van der Waals surface area contributed by atoms with E-state index in [-0.39, 0.29) is 0 Å². The Kier molecular flexibility index (Phi) is 3.11. The lowest BCUT2D eigenvalue weighted by molar-refractivity contribution is 0.965. The van der Waals surface area contributed by atoms with Crippen molar-refractivity contribution in [2.45, 2.75) is 41.5 Å².